The monoisotopic (exact) mass is 643 g/mol. The summed E-state index contributed by atoms with van der Waals surface area (Å²) in [4.78, 5) is 15.1. The molecule has 0 radical (unpaired) electrons. The van der Waals surface area contributed by atoms with Crippen LogP contribution in [0.1, 0.15) is 0 Å². The fraction of sp³-hybridized carbons (Fsp3) is 0. The average Bonchev–Trinajstić information content (AvgIpc) is 3.58. The molecule has 0 amide bonds. The topological polar surface area (TPSA) is 38.7 Å². The molecule has 0 aliphatic rings. The number of pyridine rings is 1. The van der Waals surface area contributed by atoms with Crippen molar-refractivity contribution in [2.24, 2.45) is 0 Å². The molecule has 3 heterocycles. The molecule has 3 nitrogen and oxygen atoms in total. The first-order valence-electron chi connectivity index (χ1n) is 16.4. The Labute approximate surface area is 288 Å². The van der Waals surface area contributed by atoms with Crippen molar-refractivity contribution < 1.29 is 0 Å². The fourth-order valence-corrected chi connectivity index (χ4v) is 7.84. The summed E-state index contributed by atoms with van der Waals surface area (Å²) in [6.45, 7) is 0. The minimum atomic E-state index is 0.683. The Kier molecular flexibility index (Phi) is 7.34. The summed E-state index contributed by atoms with van der Waals surface area (Å²) in [5.74, 6) is 0.683. The molecule has 4 heteroatoms. The first-order valence-corrected chi connectivity index (χ1v) is 17.2. The third-order valence-corrected chi connectivity index (χ3v) is 10.2. The molecule has 0 atom stereocenters. The summed E-state index contributed by atoms with van der Waals surface area (Å²) in [5, 5.41) is 2.58. The summed E-state index contributed by atoms with van der Waals surface area (Å²) in [7, 11) is 0. The zero-order chi connectivity index (χ0) is 32.6. The summed E-state index contributed by atoms with van der Waals surface area (Å²) in [6, 6.07) is 59.5. The number of aromatic nitrogens is 3. The number of benzene rings is 6. The van der Waals surface area contributed by atoms with Crippen molar-refractivity contribution >= 4 is 31.5 Å². The Morgan fingerprint density at radius 3 is 1.78 bits per heavy atom. The lowest BCUT2D eigenvalue weighted by molar-refractivity contribution is 1.18. The van der Waals surface area contributed by atoms with Gasteiger partial charge in [-0.1, -0.05) is 127 Å². The van der Waals surface area contributed by atoms with Gasteiger partial charge in [0.15, 0.2) is 5.82 Å². The molecule has 49 heavy (non-hydrogen) atoms. The summed E-state index contributed by atoms with van der Waals surface area (Å²) >= 11 is 1.85. The van der Waals surface area contributed by atoms with E-state index in [9.17, 15) is 0 Å². The van der Waals surface area contributed by atoms with Crippen LogP contribution < -0.4 is 0 Å². The molecule has 0 saturated carbocycles. The van der Waals surface area contributed by atoms with Crippen molar-refractivity contribution in [1.29, 1.82) is 0 Å². The van der Waals surface area contributed by atoms with Gasteiger partial charge >= 0.3 is 0 Å². The van der Waals surface area contributed by atoms with E-state index in [1.807, 2.05) is 53.9 Å². The predicted molar refractivity (Wildman–Crippen MR) is 205 cm³/mol. The molecule has 230 valence electrons. The van der Waals surface area contributed by atoms with Gasteiger partial charge in [0.2, 0.25) is 0 Å². The average molecular weight is 644 g/mol. The largest absolute Gasteiger partial charge is 0.256 e. The van der Waals surface area contributed by atoms with E-state index >= 15 is 0 Å². The van der Waals surface area contributed by atoms with Crippen LogP contribution in [-0.4, -0.2) is 15.0 Å². The van der Waals surface area contributed by atoms with E-state index in [4.69, 9.17) is 9.97 Å². The molecule has 9 rings (SSSR count). The second kappa shape index (κ2) is 12.4. The highest BCUT2D eigenvalue weighted by Crippen LogP contribution is 2.42. The number of hydrogen-bond acceptors (Lipinski definition) is 4. The minimum absolute atomic E-state index is 0.683. The zero-order valence-electron chi connectivity index (χ0n) is 26.5. The number of nitrogens with zero attached hydrogens (tertiary/aromatic N) is 3. The van der Waals surface area contributed by atoms with Crippen LogP contribution in [0.3, 0.4) is 0 Å². The van der Waals surface area contributed by atoms with Gasteiger partial charge in [0, 0.05) is 48.6 Å². The van der Waals surface area contributed by atoms with Crippen LogP contribution in [0.4, 0.5) is 0 Å². The van der Waals surface area contributed by atoms with Gasteiger partial charge in [-0.15, -0.1) is 11.3 Å². The van der Waals surface area contributed by atoms with E-state index in [0.29, 0.717) is 5.82 Å². The van der Waals surface area contributed by atoms with Gasteiger partial charge in [-0.05, 0) is 64.7 Å². The van der Waals surface area contributed by atoms with E-state index < -0.39 is 0 Å². The smallest absolute Gasteiger partial charge is 0.160 e. The second-order valence-electron chi connectivity index (χ2n) is 12.0. The Balaban J connectivity index is 1.30. The molecule has 3 aromatic heterocycles. The molecule has 0 N–H and O–H groups in total. The Hall–Kier alpha value is -6.23. The molecular weight excluding hydrogens is 615 g/mol. The van der Waals surface area contributed by atoms with Crippen molar-refractivity contribution in [3.63, 3.8) is 0 Å². The molecule has 9 aromatic rings. The normalized spacial score (nSPS) is 11.3. The highest BCUT2D eigenvalue weighted by atomic mass is 32.1. The van der Waals surface area contributed by atoms with Gasteiger partial charge < -0.3 is 0 Å². The lowest BCUT2D eigenvalue weighted by Gasteiger charge is -2.15. The molecule has 6 aromatic carbocycles. The maximum Gasteiger partial charge on any atom is 0.160 e. The van der Waals surface area contributed by atoms with E-state index in [2.05, 4.69) is 138 Å². The maximum absolute atomic E-state index is 5.24. The molecule has 0 aliphatic carbocycles. The van der Waals surface area contributed by atoms with Crippen LogP contribution in [0.25, 0.3) is 87.6 Å². The number of hydrogen-bond donors (Lipinski definition) is 0. The third kappa shape index (κ3) is 5.48. The van der Waals surface area contributed by atoms with E-state index in [-0.39, 0.29) is 0 Å². The highest BCUT2D eigenvalue weighted by Gasteiger charge is 2.17. The lowest BCUT2D eigenvalue weighted by Crippen LogP contribution is -1.98. The molecule has 0 saturated heterocycles. The molecule has 0 aliphatic heterocycles. The zero-order valence-corrected chi connectivity index (χ0v) is 27.3. The SMILES string of the molecule is c1ccc(-c2cc(-c3cc(-c4ccccc4-c4ccccn4)nc(-c4ccccc4)n3)cc(-c3cccc4c3sc3ccccc34)c2)cc1. The van der Waals surface area contributed by atoms with Crippen LogP contribution in [0.2, 0.25) is 0 Å². The van der Waals surface area contributed by atoms with E-state index in [1.165, 1.54) is 25.7 Å². The minimum Gasteiger partial charge on any atom is -0.256 e. The molecule has 0 fully saturated rings. The van der Waals surface area contributed by atoms with Crippen LogP contribution in [0.15, 0.2) is 176 Å². The Morgan fingerprint density at radius 1 is 0.367 bits per heavy atom. The third-order valence-electron chi connectivity index (χ3n) is 8.95. The maximum atomic E-state index is 5.24. The summed E-state index contributed by atoms with van der Waals surface area (Å²) < 4.78 is 2.58. The number of thiophene rings is 1. The number of fused-ring (bicyclic) bond motifs is 3. The summed E-state index contributed by atoms with van der Waals surface area (Å²) in [5.41, 5.74) is 11.3. The van der Waals surface area contributed by atoms with Crippen molar-refractivity contribution in [3.8, 4) is 67.4 Å². The van der Waals surface area contributed by atoms with Crippen LogP contribution in [-0.2, 0) is 0 Å². The van der Waals surface area contributed by atoms with Gasteiger partial charge in [0.1, 0.15) is 0 Å². The molecule has 0 unspecified atom stereocenters. The predicted octanol–water partition coefficient (Wildman–Crippen LogP) is 12.2. The molecule has 0 spiro atoms. The van der Waals surface area contributed by atoms with Crippen molar-refractivity contribution in [1.82, 2.24) is 15.0 Å². The summed E-state index contributed by atoms with van der Waals surface area (Å²) in [6.07, 6.45) is 1.83. The first-order chi connectivity index (χ1) is 24.3. The quantitative estimate of drug-likeness (QED) is 0.181. The standard InChI is InChI=1S/C45H29N3S/c1-3-14-30(15-4-1)32-26-33(35-21-13-22-39-38-20-9-10-24-43(38)49-44(35)39)28-34(27-32)41-29-42(48-45(47-41)31-16-5-2-6-17-31)37-19-8-7-18-36(37)40-23-11-12-25-46-40/h1-29H. The fourth-order valence-electron chi connectivity index (χ4n) is 6.60. The van der Waals surface area contributed by atoms with Crippen molar-refractivity contribution in [2.45, 2.75) is 0 Å². The van der Waals surface area contributed by atoms with Gasteiger partial charge in [0.25, 0.3) is 0 Å². The van der Waals surface area contributed by atoms with Crippen molar-refractivity contribution in [3.05, 3.63) is 176 Å². The van der Waals surface area contributed by atoms with Crippen molar-refractivity contribution in [2.75, 3.05) is 0 Å². The van der Waals surface area contributed by atoms with Crippen LogP contribution in [0.5, 0.6) is 0 Å². The van der Waals surface area contributed by atoms with E-state index in [1.54, 1.807) is 0 Å². The van der Waals surface area contributed by atoms with Gasteiger partial charge in [-0.3, -0.25) is 4.98 Å². The van der Waals surface area contributed by atoms with Crippen LogP contribution >= 0.6 is 11.3 Å². The molecule has 0 bridgehead atoms. The second-order valence-corrected chi connectivity index (χ2v) is 13.1. The number of rotatable bonds is 6. The van der Waals surface area contributed by atoms with Gasteiger partial charge in [-0.25, -0.2) is 9.97 Å². The Bertz CT molecular complexity index is 2590. The Morgan fingerprint density at radius 2 is 0.980 bits per heavy atom. The molecular formula is C45H29N3S. The highest BCUT2D eigenvalue weighted by molar-refractivity contribution is 7.26. The van der Waals surface area contributed by atoms with Gasteiger partial charge in [0.05, 0.1) is 17.1 Å². The first kappa shape index (κ1) is 29.0. The lowest BCUT2D eigenvalue weighted by atomic mass is 9.93. The van der Waals surface area contributed by atoms with Crippen LogP contribution in [0, 0.1) is 0 Å². The van der Waals surface area contributed by atoms with E-state index in [0.717, 1.165) is 56.0 Å². The van der Waals surface area contributed by atoms with Gasteiger partial charge in [-0.2, -0.15) is 0 Å².